The molecule has 2 aromatic heterocycles. The lowest BCUT2D eigenvalue weighted by Gasteiger charge is -2.29. The second-order valence-corrected chi connectivity index (χ2v) is 5.78. The van der Waals surface area contributed by atoms with Gasteiger partial charge in [0.2, 0.25) is 0 Å². The number of rotatable bonds is 3. The zero-order valence-electron chi connectivity index (χ0n) is 12.0. The molecule has 0 amide bonds. The van der Waals surface area contributed by atoms with Crippen LogP contribution in [0, 0.1) is 12.8 Å². The van der Waals surface area contributed by atoms with Gasteiger partial charge in [-0.1, -0.05) is 0 Å². The topological polar surface area (TPSA) is 39.9 Å². The summed E-state index contributed by atoms with van der Waals surface area (Å²) in [5.41, 5.74) is 2.91. The van der Waals surface area contributed by atoms with Crippen LogP contribution in [-0.2, 0) is 10.6 Å². The molecule has 1 saturated heterocycles. The molecule has 1 aliphatic heterocycles. The summed E-state index contributed by atoms with van der Waals surface area (Å²) >= 11 is 6.09. The lowest BCUT2D eigenvalue weighted by molar-refractivity contribution is 0.0515. The number of nitrogens with zero attached hydrogens (tertiary/aromatic N) is 3. The Balaban J connectivity index is 2.05. The van der Waals surface area contributed by atoms with E-state index in [4.69, 9.17) is 16.3 Å². The molecule has 1 unspecified atom stereocenters. The summed E-state index contributed by atoms with van der Waals surface area (Å²) in [5.74, 6) is 1.94. The molecule has 2 aromatic rings. The third-order valence-corrected chi connectivity index (χ3v) is 4.46. The van der Waals surface area contributed by atoms with E-state index in [2.05, 4.69) is 21.5 Å². The van der Waals surface area contributed by atoms with E-state index in [1.54, 1.807) is 0 Å². The highest BCUT2D eigenvalue weighted by molar-refractivity contribution is 6.16. The SMILES string of the molecule is Cc1ccc2nc(CCl)n(C(C)C3CCOCC3)c2n1. The fraction of sp³-hybridized carbons (Fsp3) is 0.600. The van der Waals surface area contributed by atoms with E-state index < -0.39 is 0 Å². The first kappa shape index (κ1) is 13.8. The Bertz CT molecular complexity index is 604. The largest absolute Gasteiger partial charge is 0.381 e. The quantitative estimate of drug-likeness (QED) is 0.814. The third kappa shape index (κ3) is 2.42. The van der Waals surface area contributed by atoms with Gasteiger partial charge in [0.15, 0.2) is 5.65 Å². The van der Waals surface area contributed by atoms with E-state index >= 15 is 0 Å². The predicted molar refractivity (Wildman–Crippen MR) is 80.1 cm³/mol. The molecule has 20 heavy (non-hydrogen) atoms. The number of imidazole rings is 1. The van der Waals surface area contributed by atoms with Crippen molar-refractivity contribution in [1.82, 2.24) is 14.5 Å². The van der Waals surface area contributed by atoms with Crippen LogP contribution in [-0.4, -0.2) is 27.7 Å². The zero-order valence-corrected chi connectivity index (χ0v) is 12.7. The van der Waals surface area contributed by atoms with Gasteiger partial charge in [-0.05, 0) is 44.7 Å². The number of pyridine rings is 1. The number of alkyl halides is 1. The summed E-state index contributed by atoms with van der Waals surface area (Å²) in [7, 11) is 0. The number of fused-ring (bicyclic) bond motifs is 1. The van der Waals surface area contributed by atoms with Crippen molar-refractivity contribution in [3.05, 3.63) is 23.7 Å². The van der Waals surface area contributed by atoms with E-state index in [9.17, 15) is 0 Å². The van der Waals surface area contributed by atoms with Gasteiger partial charge in [0.25, 0.3) is 0 Å². The first-order chi connectivity index (χ1) is 9.70. The fourth-order valence-corrected chi connectivity index (χ4v) is 3.24. The smallest absolute Gasteiger partial charge is 0.160 e. The Labute approximate surface area is 124 Å². The molecule has 0 radical (unpaired) electrons. The first-order valence-corrected chi connectivity index (χ1v) is 7.72. The van der Waals surface area contributed by atoms with E-state index in [0.717, 1.165) is 48.7 Å². The van der Waals surface area contributed by atoms with Gasteiger partial charge in [-0.15, -0.1) is 11.6 Å². The van der Waals surface area contributed by atoms with E-state index in [1.165, 1.54) is 0 Å². The molecule has 3 rings (SSSR count). The Hall–Kier alpha value is -1.13. The van der Waals surface area contributed by atoms with Gasteiger partial charge in [0.05, 0.1) is 5.88 Å². The van der Waals surface area contributed by atoms with Gasteiger partial charge in [-0.3, -0.25) is 0 Å². The maximum Gasteiger partial charge on any atom is 0.160 e. The summed E-state index contributed by atoms with van der Waals surface area (Å²) < 4.78 is 7.69. The molecule has 0 bridgehead atoms. The minimum absolute atomic E-state index is 0.354. The molecule has 0 aromatic carbocycles. The number of hydrogen-bond acceptors (Lipinski definition) is 3. The minimum Gasteiger partial charge on any atom is -0.381 e. The van der Waals surface area contributed by atoms with Crippen molar-refractivity contribution in [1.29, 1.82) is 0 Å². The van der Waals surface area contributed by atoms with Crippen molar-refractivity contribution >= 4 is 22.8 Å². The zero-order chi connectivity index (χ0) is 14.1. The molecule has 5 heteroatoms. The molecule has 4 nitrogen and oxygen atoms in total. The molecule has 0 saturated carbocycles. The van der Waals surface area contributed by atoms with E-state index in [1.807, 2.05) is 19.1 Å². The maximum absolute atomic E-state index is 6.09. The molecule has 0 N–H and O–H groups in total. The van der Waals surface area contributed by atoms with Gasteiger partial charge in [0, 0.05) is 24.9 Å². The molecular formula is C15H20ClN3O. The average Bonchev–Trinajstić information content (AvgIpc) is 2.85. The number of aryl methyl sites for hydroxylation is 1. The molecule has 1 atom stereocenters. The monoisotopic (exact) mass is 293 g/mol. The van der Waals surface area contributed by atoms with Crippen LogP contribution in [0.5, 0.6) is 0 Å². The van der Waals surface area contributed by atoms with Crippen molar-refractivity contribution in [2.24, 2.45) is 5.92 Å². The summed E-state index contributed by atoms with van der Waals surface area (Å²) in [6.45, 7) is 5.96. The lowest BCUT2D eigenvalue weighted by Crippen LogP contribution is -2.25. The highest BCUT2D eigenvalue weighted by Gasteiger charge is 2.25. The lowest BCUT2D eigenvalue weighted by atomic mass is 9.92. The fourth-order valence-electron chi connectivity index (χ4n) is 3.05. The second kappa shape index (κ2) is 5.70. The Morgan fingerprint density at radius 2 is 2.10 bits per heavy atom. The van der Waals surface area contributed by atoms with E-state index in [-0.39, 0.29) is 0 Å². The van der Waals surface area contributed by atoms with Crippen LogP contribution in [0.3, 0.4) is 0 Å². The molecule has 1 aliphatic rings. The van der Waals surface area contributed by atoms with Gasteiger partial charge in [-0.2, -0.15) is 0 Å². The summed E-state index contributed by atoms with van der Waals surface area (Å²) in [4.78, 5) is 9.30. The number of aromatic nitrogens is 3. The highest BCUT2D eigenvalue weighted by atomic mass is 35.5. The van der Waals surface area contributed by atoms with Crippen LogP contribution >= 0.6 is 11.6 Å². The van der Waals surface area contributed by atoms with Crippen LogP contribution in [0.1, 0.15) is 37.3 Å². The van der Waals surface area contributed by atoms with Crippen molar-refractivity contribution in [2.45, 2.75) is 38.6 Å². The number of ether oxygens (including phenoxy) is 1. The normalized spacial score (nSPS) is 18.6. The molecule has 1 fully saturated rings. The third-order valence-electron chi connectivity index (χ3n) is 4.22. The minimum atomic E-state index is 0.354. The molecule has 0 aliphatic carbocycles. The Morgan fingerprint density at radius 3 is 2.80 bits per heavy atom. The van der Waals surface area contributed by atoms with Crippen LogP contribution in [0.4, 0.5) is 0 Å². The summed E-state index contributed by atoms with van der Waals surface area (Å²) in [6.07, 6.45) is 2.18. The van der Waals surface area contributed by atoms with Crippen molar-refractivity contribution < 1.29 is 4.74 Å². The van der Waals surface area contributed by atoms with Crippen molar-refractivity contribution in [3.8, 4) is 0 Å². The Morgan fingerprint density at radius 1 is 1.35 bits per heavy atom. The van der Waals surface area contributed by atoms with Crippen LogP contribution in [0.25, 0.3) is 11.2 Å². The van der Waals surface area contributed by atoms with Gasteiger partial charge in [-0.25, -0.2) is 9.97 Å². The maximum atomic E-state index is 6.09. The molecular weight excluding hydrogens is 274 g/mol. The molecule has 0 spiro atoms. The summed E-state index contributed by atoms with van der Waals surface area (Å²) in [5, 5.41) is 0. The molecule has 108 valence electrons. The van der Waals surface area contributed by atoms with Crippen molar-refractivity contribution in [3.63, 3.8) is 0 Å². The highest BCUT2D eigenvalue weighted by Crippen LogP contribution is 2.31. The van der Waals surface area contributed by atoms with E-state index in [0.29, 0.717) is 17.8 Å². The molecule has 3 heterocycles. The second-order valence-electron chi connectivity index (χ2n) is 5.52. The number of hydrogen-bond donors (Lipinski definition) is 0. The first-order valence-electron chi connectivity index (χ1n) is 7.19. The van der Waals surface area contributed by atoms with Gasteiger partial charge >= 0.3 is 0 Å². The summed E-state index contributed by atoms with van der Waals surface area (Å²) in [6, 6.07) is 4.38. The van der Waals surface area contributed by atoms with Crippen LogP contribution in [0.2, 0.25) is 0 Å². The van der Waals surface area contributed by atoms with Crippen molar-refractivity contribution in [2.75, 3.05) is 13.2 Å². The van der Waals surface area contributed by atoms with Crippen LogP contribution < -0.4 is 0 Å². The predicted octanol–water partition coefficient (Wildman–Crippen LogP) is 3.47. The number of halogens is 1. The van der Waals surface area contributed by atoms with Gasteiger partial charge in [0.1, 0.15) is 11.3 Å². The average molecular weight is 294 g/mol. The van der Waals surface area contributed by atoms with Crippen LogP contribution in [0.15, 0.2) is 12.1 Å². The van der Waals surface area contributed by atoms with Gasteiger partial charge < -0.3 is 9.30 Å². The Kier molecular flexibility index (Phi) is 3.94. The standard InChI is InChI=1S/C15H20ClN3O/c1-10-3-4-13-15(17-10)19(14(9-16)18-13)11(2)12-5-7-20-8-6-12/h3-4,11-12H,5-9H2,1-2H3.